The first-order valence-corrected chi connectivity index (χ1v) is 7.74. The van der Waals surface area contributed by atoms with E-state index in [4.69, 9.17) is 5.73 Å². The monoisotopic (exact) mass is 277 g/mol. The van der Waals surface area contributed by atoms with Crippen LogP contribution in [0.2, 0.25) is 0 Å². The zero-order valence-electron chi connectivity index (χ0n) is 11.2. The van der Waals surface area contributed by atoms with Gasteiger partial charge < -0.3 is 10.3 Å². The molecule has 0 atom stereocenters. The van der Waals surface area contributed by atoms with E-state index in [0.29, 0.717) is 12.6 Å². The predicted molar refractivity (Wildman–Crippen MR) is 76.1 cm³/mol. The summed E-state index contributed by atoms with van der Waals surface area (Å²) in [5.41, 5.74) is 6.52. The Kier molecular flexibility index (Phi) is 3.61. The lowest BCUT2D eigenvalue weighted by Gasteiger charge is -2.14. The molecule has 1 saturated carbocycles. The summed E-state index contributed by atoms with van der Waals surface area (Å²) in [5, 5.41) is 11.7. The Bertz CT molecular complexity index is 553. The molecule has 3 rings (SSSR count). The van der Waals surface area contributed by atoms with Crippen LogP contribution in [0.15, 0.2) is 5.38 Å². The summed E-state index contributed by atoms with van der Waals surface area (Å²) in [4.78, 5) is 4.63. The Morgan fingerprint density at radius 2 is 2.16 bits per heavy atom. The van der Waals surface area contributed by atoms with Crippen molar-refractivity contribution in [3.8, 4) is 11.5 Å². The Hall–Kier alpha value is -1.27. The highest BCUT2D eigenvalue weighted by molar-refractivity contribution is 7.09. The molecule has 2 heterocycles. The third-order valence-corrected chi connectivity index (χ3v) is 4.60. The number of thiazole rings is 1. The van der Waals surface area contributed by atoms with E-state index in [2.05, 4.69) is 25.1 Å². The second kappa shape index (κ2) is 5.38. The van der Waals surface area contributed by atoms with Crippen LogP contribution in [0.3, 0.4) is 0 Å². The second-order valence-corrected chi connectivity index (χ2v) is 5.99. The maximum Gasteiger partial charge on any atom is 0.183 e. The standard InChI is InChI=1S/C13H19N5S/c1-9-16-17-13(18(9)10-4-2-3-5-10)11-8-19-12(15-11)6-7-14/h8,10H,2-7,14H2,1H3. The quantitative estimate of drug-likeness (QED) is 0.931. The molecule has 0 bridgehead atoms. The van der Waals surface area contributed by atoms with Gasteiger partial charge in [-0.05, 0) is 26.3 Å². The maximum atomic E-state index is 5.58. The molecule has 0 aliphatic heterocycles. The molecule has 6 heteroatoms. The molecule has 2 aromatic heterocycles. The molecule has 5 nitrogen and oxygen atoms in total. The van der Waals surface area contributed by atoms with E-state index in [1.165, 1.54) is 25.7 Å². The van der Waals surface area contributed by atoms with E-state index in [-0.39, 0.29) is 0 Å². The van der Waals surface area contributed by atoms with Gasteiger partial charge in [0.1, 0.15) is 11.5 Å². The van der Waals surface area contributed by atoms with Crippen molar-refractivity contribution >= 4 is 11.3 Å². The van der Waals surface area contributed by atoms with Crippen molar-refractivity contribution in [3.05, 3.63) is 16.2 Å². The molecule has 0 unspecified atom stereocenters. The van der Waals surface area contributed by atoms with Gasteiger partial charge in [-0.25, -0.2) is 4.98 Å². The minimum atomic E-state index is 0.546. The Labute approximate surface area is 116 Å². The molecule has 1 aliphatic rings. The third-order valence-electron chi connectivity index (χ3n) is 3.70. The van der Waals surface area contributed by atoms with Gasteiger partial charge in [-0.1, -0.05) is 12.8 Å². The average Bonchev–Trinajstić information content (AvgIpc) is 3.08. The molecule has 0 spiro atoms. The Morgan fingerprint density at radius 3 is 2.89 bits per heavy atom. The first kappa shape index (κ1) is 12.7. The molecule has 19 heavy (non-hydrogen) atoms. The first-order chi connectivity index (χ1) is 9.29. The van der Waals surface area contributed by atoms with Gasteiger partial charge in [0.15, 0.2) is 5.82 Å². The summed E-state index contributed by atoms with van der Waals surface area (Å²) in [5.74, 6) is 1.92. The van der Waals surface area contributed by atoms with Gasteiger partial charge in [-0.2, -0.15) is 0 Å². The predicted octanol–water partition coefficient (Wildman–Crippen LogP) is 2.33. The lowest BCUT2D eigenvalue weighted by atomic mass is 10.2. The SMILES string of the molecule is Cc1nnc(-c2csc(CCN)n2)n1C1CCCC1. The van der Waals surface area contributed by atoms with Gasteiger partial charge in [-0.15, -0.1) is 21.5 Å². The van der Waals surface area contributed by atoms with Crippen molar-refractivity contribution in [2.45, 2.75) is 45.1 Å². The summed E-state index contributed by atoms with van der Waals surface area (Å²) in [6.07, 6.45) is 5.90. The molecule has 0 aromatic carbocycles. The van der Waals surface area contributed by atoms with E-state index in [9.17, 15) is 0 Å². The van der Waals surface area contributed by atoms with Crippen LogP contribution in [-0.4, -0.2) is 26.3 Å². The number of nitrogens with zero attached hydrogens (tertiary/aromatic N) is 4. The van der Waals surface area contributed by atoms with Gasteiger partial charge in [-0.3, -0.25) is 0 Å². The molecule has 1 aliphatic carbocycles. The Morgan fingerprint density at radius 1 is 1.37 bits per heavy atom. The van der Waals surface area contributed by atoms with Gasteiger partial charge in [0.05, 0.1) is 5.01 Å². The van der Waals surface area contributed by atoms with Crippen molar-refractivity contribution in [1.29, 1.82) is 0 Å². The summed E-state index contributed by atoms with van der Waals surface area (Å²) in [6.45, 7) is 2.67. The van der Waals surface area contributed by atoms with Crippen LogP contribution in [0.5, 0.6) is 0 Å². The lowest BCUT2D eigenvalue weighted by molar-refractivity contribution is 0.510. The summed E-state index contributed by atoms with van der Waals surface area (Å²) < 4.78 is 2.27. The molecule has 0 saturated heterocycles. The van der Waals surface area contributed by atoms with Crippen molar-refractivity contribution in [3.63, 3.8) is 0 Å². The number of aryl methyl sites for hydroxylation is 1. The zero-order valence-corrected chi connectivity index (χ0v) is 12.0. The number of nitrogens with two attached hydrogens (primary N) is 1. The fraction of sp³-hybridized carbons (Fsp3) is 0.615. The summed E-state index contributed by atoms with van der Waals surface area (Å²) in [6, 6.07) is 0.546. The normalized spacial score (nSPS) is 16.3. The number of rotatable bonds is 4. The minimum Gasteiger partial charge on any atom is -0.330 e. The van der Waals surface area contributed by atoms with Crippen LogP contribution in [0.1, 0.15) is 42.6 Å². The number of hydrogen-bond donors (Lipinski definition) is 1. The van der Waals surface area contributed by atoms with Gasteiger partial charge in [0.25, 0.3) is 0 Å². The van der Waals surface area contributed by atoms with E-state index < -0.39 is 0 Å². The van der Waals surface area contributed by atoms with E-state index in [1.807, 2.05) is 6.92 Å². The molecule has 0 radical (unpaired) electrons. The van der Waals surface area contributed by atoms with Crippen LogP contribution >= 0.6 is 11.3 Å². The van der Waals surface area contributed by atoms with E-state index >= 15 is 0 Å². The highest BCUT2D eigenvalue weighted by Crippen LogP contribution is 2.34. The van der Waals surface area contributed by atoms with Gasteiger partial charge in [0, 0.05) is 17.8 Å². The van der Waals surface area contributed by atoms with Crippen LogP contribution in [-0.2, 0) is 6.42 Å². The smallest absolute Gasteiger partial charge is 0.183 e. The average molecular weight is 277 g/mol. The highest BCUT2D eigenvalue weighted by Gasteiger charge is 2.24. The fourth-order valence-electron chi connectivity index (χ4n) is 2.80. The molecular formula is C13H19N5S. The Balaban J connectivity index is 1.95. The van der Waals surface area contributed by atoms with Crippen LogP contribution in [0, 0.1) is 6.92 Å². The molecular weight excluding hydrogens is 258 g/mol. The summed E-state index contributed by atoms with van der Waals surface area (Å²) in [7, 11) is 0. The third kappa shape index (κ3) is 2.42. The van der Waals surface area contributed by atoms with Crippen molar-refractivity contribution < 1.29 is 0 Å². The molecule has 102 valence electrons. The highest BCUT2D eigenvalue weighted by atomic mass is 32.1. The largest absolute Gasteiger partial charge is 0.330 e. The lowest BCUT2D eigenvalue weighted by Crippen LogP contribution is -2.09. The first-order valence-electron chi connectivity index (χ1n) is 6.86. The molecule has 0 amide bonds. The molecule has 2 N–H and O–H groups in total. The fourth-order valence-corrected chi connectivity index (χ4v) is 3.59. The topological polar surface area (TPSA) is 69.6 Å². The van der Waals surface area contributed by atoms with Crippen LogP contribution in [0.4, 0.5) is 0 Å². The molecule has 1 fully saturated rings. The molecule has 2 aromatic rings. The van der Waals surface area contributed by atoms with Gasteiger partial charge in [0.2, 0.25) is 0 Å². The van der Waals surface area contributed by atoms with Crippen LogP contribution < -0.4 is 5.73 Å². The van der Waals surface area contributed by atoms with Crippen LogP contribution in [0.25, 0.3) is 11.5 Å². The number of aromatic nitrogens is 4. The van der Waals surface area contributed by atoms with Gasteiger partial charge >= 0.3 is 0 Å². The van der Waals surface area contributed by atoms with E-state index in [0.717, 1.165) is 28.8 Å². The maximum absolute atomic E-state index is 5.58. The van der Waals surface area contributed by atoms with Crippen molar-refractivity contribution in [2.75, 3.05) is 6.54 Å². The van der Waals surface area contributed by atoms with Crippen molar-refractivity contribution in [1.82, 2.24) is 19.7 Å². The number of hydrogen-bond acceptors (Lipinski definition) is 5. The summed E-state index contributed by atoms with van der Waals surface area (Å²) >= 11 is 1.66. The van der Waals surface area contributed by atoms with E-state index in [1.54, 1.807) is 11.3 Å². The zero-order chi connectivity index (χ0) is 13.2. The second-order valence-electron chi connectivity index (χ2n) is 5.04. The van der Waals surface area contributed by atoms with Crippen molar-refractivity contribution in [2.24, 2.45) is 5.73 Å². The minimum absolute atomic E-state index is 0.546.